The normalized spacial score (nSPS) is 13.8. The van der Waals surface area contributed by atoms with Crippen molar-refractivity contribution in [3.05, 3.63) is 131 Å². The molecule has 0 saturated heterocycles. The van der Waals surface area contributed by atoms with Gasteiger partial charge in [-0.2, -0.15) is 0 Å². The predicted molar refractivity (Wildman–Crippen MR) is 160 cm³/mol. The van der Waals surface area contributed by atoms with Gasteiger partial charge in [0.25, 0.3) is 11.8 Å². The summed E-state index contributed by atoms with van der Waals surface area (Å²) in [6.07, 6.45) is 1.69. The maximum Gasteiger partial charge on any atom is 0.265 e. The third-order valence-corrected chi connectivity index (χ3v) is 7.91. The molecule has 1 heterocycles. The van der Waals surface area contributed by atoms with Gasteiger partial charge in [-0.1, -0.05) is 99.6 Å². The molecular weight excluding hydrogens is 496 g/mol. The van der Waals surface area contributed by atoms with Crippen molar-refractivity contribution in [3.63, 3.8) is 0 Å². The van der Waals surface area contributed by atoms with Crippen LogP contribution in [-0.2, 0) is 23.2 Å². The lowest BCUT2D eigenvalue weighted by Crippen LogP contribution is -2.38. The van der Waals surface area contributed by atoms with Gasteiger partial charge >= 0.3 is 0 Å². The largest absolute Gasteiger partial charge is 0.482 e. The van der Waals surface area contributed by atoms with Crippen LogP contribution in [0.3, 0.4) is 0 Å². The van der Waals surface area contributed by atoms with Gasteiger partial charge in [0, 0.05) is 5.56 Å². The van der Waals surface area contributed by atoms with E-state index >= 15 is 0 Å². The second-order valence-electron chi connectivity index (χ2n) is 11.0. The number of rotatable bonds is 9. The van der Waals surface area contributed by atoms with Crippen molar-refractivity contribution >= 4 is 17.5 Å². The monoisotopic (exact) mass is 532 g/mol. The third kappa shape index (κ3) is 6.09. The standard InChI is InChI=1S/C35H36N2O3/c1-4-35(2,3)29-19-20-32-31(22-29)37(33(38)24-40-32)23-26-15-17-28(18-16-26)34(39)36-30(27-13-9-6-10-14-27)21-25-11-7-5-8-12-25/h5-20,22,30H,4,21,23-24H2,1-3H3,(H,36,39)/t30-/m1/s1. The molecule has 4 aromatic rings. The Bertz CT molecular complexity index is 1460. The summed E-state index contributed by atoms with van der Waals surface area (Å²) in [6, 6.07) is 33.7. The summed E-state index contributed by atoms with van der Waals surface area (Å²) in [5.74, 6) is 0.513. The molecule has 0 aromatic heterocycles. The lowest BCUT2D eigenvalue weighted by molar-refractivity contribution is -0.121. The van der Waals surface area contributed by atoms with Crippen molar-refractivity contribution in [2.45, 2.75) is 51.6 Å². The van der Waals surface area contributed by atoms with Gasteiger partial charge in [0.2, 0.25) is 0 Å². The van der Waals surface area contributed by atoms with Crippen LogP contribution in [0.4, 0.5) is 5.69 Å². The molecular formula is C35H36N2O3. The number of carbonyl (C=O) groups excluding carboxylic acids is 2. The maximum absolute atomic E-state index is 13.3. The summed E-state index contributed by atoms with van der Waals surface area (Å²) < 4.78 is 5.73. The smallest absolute Gasteiger partial charge is 0.265 e. The molecule has 0 radical (unpaired) electrons. The van der Waals surface area contributed by atoms with Gasteiger partial charge in [0.05, 0.1) is 18.3 Å². The van der Waals surface area contributed by atoms with Gasteiger partial charge in [0.15, 0.2) is 6.61 Å². The molecule has 0 fully saturated rings. The molecule has 0 spiro atoms. The average Bonchev–Trinajstić information content (AvgIpc) is 2.99. The number of hydrogen-bond donors (Lipinski definition) is 1. The van der Waals surface area contributed by atoms with E-state index in [-0.39, 0.29) is 29.9 Å². The molecule has 1 atom stereocenters. The second kappa shape index (κ2) is 11.8. The van der Waals surface area contributed by atoms with Crippen molar-refractivity contribution in [2.24, 2.45) is 0 Å². The minimum Gasteiger partial charge on any atom is -0.482 e. The van der Waals surface area contributed by atoms with Gasteiger partial charge in [-0.15, -0.1) is 0 Å². The average molecular weight is 533 g/mol. The molecule has 40 heavy (non-hydrogen) atoms. The van der Waals surface area contributed by atoms with Crippen molar-refractivity contribution in [1.82, 2.24) is 5.32 Å². The molecule has 1 aliphatic rings. The molecule has 0 unspecified atom stereocenters. The number of amides is 2. The van der Waals surface area contributed by atoms with E-state index in [1.807, 2.05) is 78.9 Å². The van der Waals surface area contributed by atoms with E-state index in [9.17, 15) is 9.59 Å². The van der Waals surface area contributed by atoms with Crippen molar-refractivity contribution in [1.29, 1.82) is 0 Å². The first kappa shape index (κ1) is 27.2. The summed E-state index contributed by atoms with van der Waals surface area (Å²) in [5, 5.41) is 3.22. The first-order valence-electron chi connectivity index (χ1n) is 13.9. The summed E-state index contributed by atoms with van der Waals surface area (Å²) in [4.78, 5) is 28.0. The molecule has 1 N–H and O–H groups in total. The third-order valence-electron chi connectivity index (χ3n) is 7.91. The molecule has 1 aliphatic heterocycles. The van der Waals surface area contributed by atoms with E-state index in [0.717, 1.165) is 34.5 Å². The number of fused-ring (bicyclic) bond motifs is 1. The van der Waals surface area contributed by atoms with E-state index in [0.29, 0.717) is 18.5 Å². The van der Waals surface area contributed by atoms with Crippen LogP contribution in [-0.4, -0.2) is 18.4 Å². The first-order chi connectivity index (χ1) is 19.3. The Morgan fingerprint density at radius 2 is 1.57 bits per heavy atom. The van der Waals surface area contributed by atoms with Crippen LogP contribution in [0.1, 0.15) is 65.8 Å². The van der Waals surface area contributed by atoms with Crippen LogP contribution in [0.15, 0.2) is 103 Å². The Morgan fingerprint density at radius 1 is 0.900 bits per heavy atom. The number of carbonyl (C=O) groups is 2. The van der Waals surface area contributed by atoms with Crippen LogP contribution in [0, 0.1) is 0 Å². The van der Waals surface area contributed by atoms with Crippen molar-refractivity contribution in [3.8, 4) is 5.75 Å². The van der Waals surface area contributed by atoms with Gasteiger partial charge in [0.1, 0.15) is 5.75 Å². The molecule has 2 amide bonds. The van der Waals surface area contributed by atoms with Crippen molar-refractivity contribution in [2.75, 3.05) is 11.5 Å². The highest BCUT2D eigenvalue weighted by molar-refractivity contribution is 5.98. The first-order valence-corrected chi connectivity index (χ1v) is 13.9. The van der Waals surface area contributed by atoms with E-state index in [4.69, 9.17) is 4.74 Å². The summed E-state index contributed by atoms with van der Waals surface area (Å²) in [7, 11) is 0. The van der Waals surface area contributed by atoms with E-state index in [1.54, 1.807) is 4.90 Å². The molecule has 0 bridgehead atoms. The number of anilines is 1. The van der Waals surface area contributed by atoms with E-state index in [2.05, 4.69) is 50.4 Å². The van der Waals surface area contributed by atoms with Crippen LogP contribution in [0.25, 0.3) is 0 Å². The number of benzene rings is 4. The zero-order valence-electron chi connectivity index (χ0n) is 23.4. The highest BCUT2D eigenvalue weighted by atomic mass is 16.5. The summed E-state index contributed by atoms with van der Waals surface area (Å²) >= 11 is 0. The summed E-state index contributed by atoms with van der Waals surface area (Å²) in [6.45, 7) is 7.01. The highest BCUT2D eigenvalue weighted by Gasteiger charge is 2.28. The number of hydrogen-bond acceptors (Lipinski definition) is 3. The van der Waals surface area contributed by atoms with Crippen LogP contribution >= 0.6 is 0 Å². The molecule has 4 aromatic carbocycles. The SMILES string of the molecule is CCC(C)(C)c1ccc2c(c1)N(Cc1ccc(C(=O)N[C@H](Cc3ccccc3)c3ccccc3)cc1)C(=O)CO2. The zero-order chi connectivity index (χ0) is 28.1. The molecule has 0 saturated carbocycles. The predicted octanol–water partition coefficient (Wildman–Crippen LogP) is 7.01. The lowest BCUT2D eigenvalue weighted by Gasteiger charge is -2.32. The Hall–Kier alpha value is -4.38. The van der Waals surface area contributed by atoms with E-state index in [1.165, 1.54) is 5.56 Å². The fourth-order valence-electron chi connectivity index (χ4n) is 4.97. The number of nitrogens with zero attached hydrogens (tertiary/aromatic N) is 1. The zero-order valence-corrected chi connectivity index (χ0v) is 23.4. The van der Waals surface area contributed by atoms with Gasteiger partial charge in [-0.05, 0) is 64.8 Å². The fraction of sp³-hybridized carbons (Fsp3) is 0.257. The second-order valence-corrected chi connectivity index (χ2v) is 11.0. The van der Waals surface area contributed by atoms with Gasteiger partial charge in [-0.25, -0.2) is 0 Å². The number of nitrogens with one attached hydrogen (secondary N) is 1. The Kier molecular flexibility index (Phi) is 8.01. The molecule has 0 aliphatic carbocycles. The van der Waals surface area contributed by atoms with Crippen LogP contribution in [0.5, 0.6) is 5.75 Å². The maximum atomic E-state index is 13.3. The van der Waals surface area contributed by atoms with Crippen LogP contribution in [0.2, 0.25) is 0 Å². The Balaban J connectivity index is 1.32. The minimum atomic E-state index is -0.153. The molecule has 5 rings (SSSR count). The fourth-order valence-corrected chi connectivity index (χ4v) is 4.97. The topological polar surface area (TPSA) is 58.6 Å². The lowest BCUT2D eigenvalue weighted by atomic mass is 9.82. The number of ether oxygens (including phenoxy) is 1. The quantitative estimate of drug-likeness (QED) is 0.252. The summed E-state index contributed by atoms with van der Waals surface area (Å²) in [5.41, 5.74) is 5.71. The van der Waals surface area contributed by atoms with E-state index < -0.39 is 0 Å². The molecule has 204 valence electrons. The minimum absolute atomic E-state index is 0.00563. The van der Waals surface area contributed by atoms with Crippen LogP contribution < -0.4 is 15.0 Å². The Labute approximate surface area is 236 Å². The van der Waals surface area contributed by atoms with Crippen molar-refractivity contribution < 1.29 is 14.3 Å². The van der Waals surface area contributed by atoms with Gasteiger partial charge in [-0.3, -0.25) is 9.59 Å². The van der Waals surface area contributed by atoms with Gasteiger partial charge < -0.3 is 15.0 Å². The molecule has 5 nitrogen and oxygen atoms in total. The highest BCUT2D eigenvalue weighted by Crippen LogP contribution is 2.38. The molecule has 5 heteroatoms. The Morgan fingerprint density at radius 3 is 2.25 bits per heavy atom.